The van der Waals surface area contributed by atoms with Crippen LogP contribution in [0.4, 0.5) is 4.39 Å². The summed E-state index contributed by atoms with van der Waals surface area (Å²) in [5.74, 6) is 0.0493. The zero-order valence-electron chi connectivity index (χ0n) is 21.3. The molecular formula is C30H33FN2O3. The Morgan fingerprint density at radius 1 is 0.972 bits per heavy atom. The maximum absolute atomic E-state index is 13.9. The summed E-state index contributed by atoms with van der Waals surface area (Å²) in [6.45, 7) is 4.61. The summed E-state index contributed by atoms with van der Waals surface area (Å²) in [4.78, 5) is 17.3. The number of hydrogen-bond acceptors (Lipinski definition) is 5. The molecule has 5 nitrogen and oxygen atoms in total. The lowest BCUT2D eigenvalue weighted by Gasteiger charge is -2.22. The van der Waals surface area contributed by atoms with E-state index < -0.39 is 5.97 Å². The number of carbonyl (C=O) groups excluding carboxylic acids is 1. The van der Waals surface area contributed by atoms with Crippen molar-refractivity contribution in [1.29, 1.82) is 0 Å². The molecule has 3 aromatic rings. The van der Waals surface area contributed by atoms with Gasteiger partial charge in [-0.25, -0.2) is 9.18 Å². The maximum atomic E-state index is 13.9. The number of nitrogens with one attached hydrogen (secondary N) is 1. The van der Waals surface area contributed by atoms with Gasteiger partial charge in [0, 0.05) is 41.4 Å². The summed E-state index contributed by atoms with van der Waals surface area (Å²) in [5, 5.41) is 3.52. The number of ether oxygens (including phenoxy) is 2. The van der Waals surface area contributed by atoms with Crippen LogP contribution >= 0.6 is 0 Å². The Morgan fingerprint density at radius 3 is 2.31 bits per heavy atom. The molecule has 1 heterocycles. The molecule has 0 aliphatic carbocycles. The first-order valence-corrected chi connectivity index (χ1v) is 12.0. The van der Waals surface area contributed by atoms with Crippen molar-refractivity contribution in [2.24, 2.45) is 0 Å². The first-order chi connectivity index (χ1) is 17.5. The van der Waals surface area contributed by atoms with Gasteiger partial charge in [-0.3, -0.25) is 4.98 Å². The molecule has 3 rings (SSSR count). The van der Waals surface area contributed by atoms with Crippen molar-refractivity contribution in [2.75, 3.05) is 14.2 Å². The molecule has 0 amide bonds. The minimum atomic E-state index is -0.394. The number of halogens is 1. The van der Waals surface area contributed by atoms with Gasteiger partial charge in [-0.2, -0.15) is 0 Å². The van der Waals surface area contributed by atoms with Crippen molar-refractivity contribution >= 4 is 17.1 Å². The van der Waals surface area contributed by atoms with Crippen LogP contribution in [0.5, 0.6) is 5.75 Å². The van der Waals surface area contributed by atoms with Crippen LogP contribution in [0.25, 0.3) is 11.1 Å². The third-order valence-electron chi connectivity index (χ3n) is 5.93. The second-order valence-corrected chi connectivity index (χ2v) is 8.40. The largest absolute Gasteiger partial charge is 0.497 e. The molecule has 0 unspecified atom stereocenters. The van der Waals surface area contributed by atoms with Crippen LogP contribution in [0.3, 0.4) is 0 Å². The van der Waals surface area contributed by atoms with Crippen LogP contribution in [0.15, 0.2) is 84.3 Å². The predicted molar refractivity (Wildman–Crippen MR) is 142 cm³/mol. The highest BCUT2D eigenvalue weighted by molar-refractivity contribution is 6.14. The molecule has 0 aliphatic rings. The molecule has 0 aliphatic heterocycles. The lowest BCUT2D eigenvalue weighted by atomic mass is 9.86. The van der Waals surface area contributed by atoms with Crippen LogP contribution in [-0.2, 0) is 16.1 Å². The number of unbranched alkanes of at least 4 members (excludes halogenated alkanes) is 1. The highest BCUT2D eigenvalue weighted by Gasteiger charge is 2.23. The van der Waals surface area contributed by atoms with Gasteiger partial charge in [0.1, 0.15) is 11.6 Å². The van der Waals surface area contributed by atoms with E-state index in [0.717, 1.165) is 52.1 Å². The number of nitrogens with zero attached hydrogens (tertiary/aromatic N) is 1. The standard InChI is InChI=1S/C30H33FN2O3/c1-5-6-10-27(30(34)36-4)29(23-11-13-25(31)14-12-23)28(24-15-17-32-18-16-24)21(2)33-20-22-8-7-9-26(19-22)35-3/h7-9,11-19,33H,5-6,10,20H2,1-4H3/b28-21+,29-27+. The van der Waals surface area contributed by atoms with E-state index in [0.29, 0.717) is 18.5 Å². The van der Waals surface area contributed by atoms with Crippen LogP contribution in [-0.4, -0.2) is 25.2 Å². The van der Waals surface area contributed by atoms with Gasteiger partial charge in [-0.1, -0.05) is 37.6 Å². The average molecular weight is 489 g/mol. The van der Waals surface area contributed by atoms with E-state index in [1.807, 2.05) is 43.3 Å². The molecule has 1 N–H and O–H groups in total. The van der Waals surface area contributed by atoms with Gasteiger partial charge in [-0.05, 0) is 72.9 Å². The normalized spacial score (nSPS) is 12.4. The lowest BCUT2D eigenvalue weighted by molar-refractivity contribution is -0.136. The fourth-order valence-electron chi connectivity index (χ4n) is 4.06. The maximum Gasteiger partial charge on any atom is 0.334 e. The van der Waals surface area contributed by atoms with E-state index in [2.05, 4.69) is 17.2 Å². The minimum Gasteiger partial charge on any atom is -0.497 e. The predicted octanol–water partition coefficient (Wildman–Crippen LogP) is 6.57. The van der Waals surface area contributed by atoms with E-state index >= 15 is 0 Å². The number of rotatable bonds is 11. The Labute approximate surface area is 212 Å². The number of pyridine rings is 1. The van der Waals surface area contributed by atoms with E-state index in [9.17, 15) is 9.18 Å². The van der Waals surface area contributed by atoms with Gasteiger partial charge in [0.25, 0.3) is 0 Å². The molecule has 1 aromatic heterocycles. The molecular weight excluding hydrogens is 455 g/mol. The molecule has 6 heteroatoms. The Hall–Kier alpha value is -3.93. The number of esters is 1. The summed E-state index contributed by atoms with van der Waals surface area (Å²) in [7, 11) is 3.03. The summed E-state index contributed by atoms with van der Waals surface area (Å²) in [6.07, 6.45) is 5.70. The first-order valence-electron chi connectivity index (χ1n) is 12.0. The van der Waals surface area contributed by atoms with Crippen molar-refractivity contribution in [1.82, 2.24) is 10.3 Å². The second kappa shape index (κ2) is 13.2. The van der Waals surface area contributed by atoms with Crippen molar-refractivity contribution in [3.63, 3.8) is 0 Å². The first kappa shape index (κ1) is 26.7. The molecule has 0 saturated heterocycles. The summed E-state index contributed by atoms with van der Waals surface area (Å²) in [5.41, 5.74) is 5.65. The third-order valence-corrected chi connectivity index (χ3v) is 5.93. The molecule has 2 aromatic carbocycles. The van der Waals surface area contributed by atoms with E-state index in [-0.39, 0.29) is 5.82 Å². The Balaban J connectivity index is 2.23. The van der Waals surface area contributed by atoms with Gasteiger partial charge >= 0.3 is 5.97 Å². The quantitative estimate of drug-likeness (QED) is 0.188. The fraction of sp³-hybridized carbons (Fsp3) is 0.267. The van der Waals surface area contributed by atoms with Crippen LogP contribution in [0.2, 0.25) is 0 Å². The zero-order chi connectivity index (χ0) is 25.9. The van der Waals surface area contributed by atoms with Gasteiger partial charge in [-0.15, -0.1) is 0 Å². The molecule has 0 radical (unpaired) electrons. The number of benzene rings is 2. The number of aromatic nitrogens is 1. The zero-order valence-corrected chi connectivity index (χ0v) is 21.3. The molecule has 0 spiro atoms. The summed E-state index contributed by atoms with van der Waals surface area (Å²) >= 11 is 0. The molecule has 0 atom stereocenters. The Kier molecular flexibility index (Phi) is 9.81. The molecule has 0 bridgehead atoms. The van der Waals surface area contributed by atoms with Crippen LogP contribution in [0, 0.1) is 5.82 Å². The number of methoxy groups -OCH3 is 2. The SMILES string of the molecule is CCCC/C(C(=O)OC)=C(\C(=C(/C)NCc1cccc(OC)c1)c1ccncc1)c1ccc(F)cc1. The van der Waals surface area contributed by atoms with E-state index in [4.69, 9.17) is 9.47 Å². The third kappa shape index (κ3) is 6.81. The minimum absolute atomic E-state index is 0.339. The second-order valence-electron chi connectivity index (χ2n) is 8.40. The van der Waals surface area contributed by atoms with Crippen molar-refractivity contribution in [3.8, 4) is 5.75 Å². The fourth-order valence-corrected chi connectivity index (χ4v) is 4.06. The lowest BCUT2D eigenvalue weighted by Crippen LogP contribution is -2.15. The Morgan fingerprint density at radius 2 is 1.67 bits per heavy atom. The number of hydrogen-bond donors (Lipinski definition) is 1. The molecule has 0 fully saturated rings. The van der Waals surface area contributed by atoms with Crippen molar-refractivity contribution in [2.45, 2.75) is 39.7 Å². The van der Waals surface area contributed by atoms with E-state index in [1.54, 1.807) is 31.6 Å². The summed E-state index contributed by atoms with van der Waals surface area (Å²) in [6, 6.07) is 17.9. The van der Waals surface area contributed by atoms with Crippen LogP contribution < -0.4 is 10.1 Å². The Bertz CT molecular complexity index is 1220. The topological polar surface area (TPSA) is 60.5 Å². The molecule has 0 saturated carbocycles. The van der Waals surface area contributed by atoms with Crippen molar-refractivity contribution < 1.29 is 18.7 Å². The smallest absolute Gasteiger partial charge is 0.334 e. The van der Waals surface area contributed by atoms with Gasteiger partial charge in [0.05, 0.1) is 14.2 Å². The highest BCUT2D eigenvalue weighted by atomic mass is 19.1. The summed E-state index contributed by atoms with van der Waals surface area (Å²) < 4.78 is 24.5. The van der Waals surface area contributed by atoms with Crippen LogP contribution in [0.1, 0.15) is 49.8 Å². The van der Waals surface area contributed by atoms with Gasteiger partial charge in [0.2, 0.25) is 0 Å². The van der Waals surface area contributed by atoms with Gasteiger partial charge < -0.3 is 14.8 Å². The monoisotopic (exact) mass is 488 g/mol. The van der Waals surface area contributed by atoms with Crippen molar-refractivity contribution in [3.05, 3.63) is 107 Å². The van der Waals surface area contributed by atoms with Gasteiger partial charge in [0.15, 0.2) is 0 Å². The highest BCUT2D eigenvalue weighted by Crippen LogP contribution is 2.38. The molecule has 36 heavy (non-hydrogen) atoms. The van der Waals surface area contributed by atoms with E-state index in [1.165, 1.54) is 19.2 Å². The number of allylic oxidation sites excluding steroid dienone is 3. The number of carbonyl (C=O) groups is 1. The molecule has 188 valence electrons. The average Bonchev–Trinajstić information content (AvgIpc) is 2.92.